The van der Waals surface area contributed by atoms with Crippen molar-refractivity contribution in [2.45, 2.75) is 78.6 Å². The van der Waals surface area contributed by atoms with E-state index in [0.29, 0.717) is 17.1 Å². The van der Waals surface area contributed by atoms with Crippen LogP contribution in [-0.2, 0) is 16.2 Å². The minimum Gasteiger partial charge on any atom is -0.457 e. The minimum absolute atomic E-state index is 0.0774. The Morgan fingerprint density at radius 2 is 1.07 bits per heavy atom. The molecule has 11 aromatic rings. The van der Waals surface area contributed by atoms with Crippen LogP contribution in [0.1, 0.15) is 84.6 Å². The zero-order valence-corrected chi connectivity index (χ0v) is 48.1. The second kappa shape index (κ2) is 19.9. The minimum atomic E-state index is -2.86. The maximum Gasteiger partial charge on any atom is 0.503 e. The number of nitrogens with zero attached hydrogens (tertiary/aromatic N) is 5. The van der Waals surface area contributed by atoms with Gasteiger partial charge >= 0.3 is 11.7 Å². The van der Waals surface area contributed by atoms with Crippen molar-refractivity contribution in [1.82, 2.24) is 18.7 Å². The standard InChI is InChI=1S/C73H65N5OSi/c1-71(2,3)52-38-39-75-69(45-52)78-66-37-34-50(48-74)40-65(66)64-36-35-58(47-68(64)78)79-57-24-20-23-55(46-57)76-49-77(56-43-53(72(4,5)6)42-54(44-56)73(7,8)9)70-63(32-21-33-67(70)76)51-22-19-31-62(41-51)80(59-25-13-10-14-26-59,60-27-15-11-16-28-60)61-29-17-12-18-30-61/h10-47H,1-9H3/q+2. The second-order valence-electron chi connectivity index (χ2n) is 24.3. The van der Waals surface area contributed by atoms with Gasteiger partial charge in [0.15, 0.2) is 8.07 Å². The molecule has 0 amide bonds. The van der Waals surface area contributed by atoms with Crippen molar-refractivity contribution in [3.8, 4) is 34.5 Å². The van der Waals surface area contributed by atoms with E-state index in [-0.39, 0.29) is 16.2 Å². The topological polar surface area (TPSA) is 56.9 Å². The van der Waals surface area contributed by atoms with Crippen molar-refractivity contribution in [1.29, 1.82) is 5.26 Å². The molecule has 0 bridgehead atoms. The van der Waals surface area contributed by atoms with Crippen LogP contribution in [0.4, 0.5) is 22.7 Å². The lowest BCUT2D eigenvalue weighted by molar-refractivity contribution is 0.483. The molecule has 9 aromatic carbocycles. The van der Waals surface area contributed by atoms with Gasteiger partial charge in [0, 0.05) is 47.3 Å². The molecule has 0 saturated heterocycles. The van der Waals surface area contributed by atoms with E-state index in [4.69, 9.17) is 9.72 Å². The molecule has 2 aromatic heterocycles. The summed E-state index contributed by atoms with van der Waals surface area (Å²) >= 11 is 0. The average molecular weight is 1060 g/mol. The number of para-hydroxylation sites is 1. The van der Waals surface area contributed by atoms with Crippen LogP contribution in [0, 0.1) is 11.3 Å². The Morgan fingerprint density at radius 1 is 0.475 bits per heavy atom. The van der Waals surface area contributed by atoms with Crippen molar-refractivity contribution < 1.29 is 4.74 Å². The van der Waals surface area contributed by atoms with Crippen molar-refractivity contribution >= 4 is 79.4 Å². The van der Waals surface area contributed by atoms with Gasteiger partial charge in [0.2, 0.25) is 11.4 Å². The molecule has 0 N–H and O–H groups in total. The molecule has 12 rings (SSSR count). The number of nitriles is 1. The molecule has 0 fully saturated rings. The molecule has 6 nitrogen and oxygen atoms in total. The predicted molar refractivity (Wildman–Crippen MR) is 336 cm³/mol. The molecule has 1 aliphatic heterocycles. The van der Waals surface area contributed by atoms with Crippen LogP contribution in [0.25, 0.3) is 38.8 Å². The van der Waals surface area contributed by atoms with Crippen molar-refractivity contribution in [2.75, 3.05) is 0 Å². The Morgan fingerprint density at radius 3 is 1.70 bits per heavy atom. The van der Waals surface area contributed by atoms with Crippen LogP contribution in [-0.4, -0.2) is 23.6 Å². The maximum absolute atomic E-state index is 9.95. The van der Waals surface area contributed by atoms with Gasteiger partial charge in [-0.05, 0) is 123 Å². The number of ether oxygens (including phenoxy) is 1. The van der Waals surface area contributed by atoms with E-state index in [2.05, 4.69) is 282 Å². The fourth-order valence-electron chi connectivity index (χ4n) is 11.6. The fraction of sp³-hybridized carbons (Fsp3) is 0.164. The first-order valence-electron chi connectivity index (χ1n) is 27.7. The van der Waals surface area contributed by atoms with Crippen LogP contribution < -0.4 is 34.6 Å². The average Bonchev–Trinajstić information content (AvgIpc) is 4.09. The summed E-state index contributed by atoms with van der Waals surface area (Å²) < 4.78 is 13.6. The van der Waals surface area contributed by atoms with Gasteiger partial charge in [0.25, 0.3) is 5.69 Å². The Kier molecular flexibility index (Phi) is 12.8. The molecule has 0 unspecified atom stereocenters. The molecular weight excluding hydrogens is 991 g/mol. The van der Waals surface area contributed by atoms with Gasteiger partial charge in [-0.3, -0.25) is 4.57 Å². The number of hydrogen-bond acceptors (Lipinski definition) is 3. The molecule has 3 heterocycles. The first-order chi connectivity index (χ1) is 38.5. The Hall–Kier alpha value is -9.18. The van der Waals surface area contributed by atoms with E-state index < -0.39 is 8.07 Å². The van der Waals surface area contributed by atoms with E-state index >= 15 is 0 Å². The fourth-order valence-corrected chi connectivity index (χ4v) is 16.4. The third kappa shape index (κ3) is 9.27. The van der Waals surface area contributed by atoms with Gasteiger partial charge < -0.3 is 4.74 Å². The van der Waals surface area contributed by atoms with E-state index in [1.165, 1.54) is 37.4 Å². The number of pyridine rings is 1. The molecule has 80 heavy (non-hydrogen) atoms. The van der Waals surface area contributed by atoms with Gasteiger partial charge in [-0.15, -0.1) is 0 Å². The molecule has 1 aliphatic rings. The summed E-state index contributed by atoms with van der Waals surface area (Å²) in [6, 6.07) is 87.4. The van der Waals surface area contributed by atoms with Gasteiger partial charge in [-0.25, -0.2) is 4.98 Å². The van der Waals surface area contributed by atoms with E-state index in [1.54, 1.807) is 0 Å². The Labute approximate surface area is 471 Å². The highest BCUT2D eigenvalue weighted by atomic mass is 28.3. The zero-order chi connectivity index (χ0) is 55.6. The normalized spacial score (nSPS) is 12.8. The van der Waals surface area contributed by atoms with E-state index in [1.807, 2.05) is 36.5 Å². The van der Waals surface area contributed by atoms with Gasteiger partial charge in [0.05, 0.1) is 34.3 Å². The SMILES string of the molecule is CC(C)(C)c1cc([N+]2=C=[N+](c3cccc(Oc4ccc5c6cc(C#N)ccc6n(-c6cc(C(C)(C)C)ccn6)c5c4)c3)c3cccc(-c4cccc([Si](c5ccccc5)(c5ccccc5)c5ccccc5)c4)c32)cc(C(C)(C)C)c1. The largest absolute Gasteiger partial charge is 0.503 e. The van der Waals surface area contributed by atoms with Crippen LogP contribution in [0.3, 0.4) is 0 Å². The molecule has 7 heteroatoms. The van der Waals surface area contributed by atoms with Crippen LogP contribution in [0.2, 0.25) is 0 Å². The monoisotopic (exact) mass is 1060 g/mol. The Bertz CT molecular complexity index is 4180. The first-order valence-corrected chi connectivity index (χ1v) is 29.7. The van der Waals surface area contributed by atoms with Crippen LogP contribution in [0.5, 0.6) is 11.5 Å². The summed E-state index contributed by atoms with van der Waals surface area (Å²) in [5.74, 6) is 2.17. The lowest BCUT2D eigenvalue weighted by atomic mass is 9.80. The van der Waals surface area contributed by atoms with Crippen molar-refractivity contribution in [3.63, 3.8) is 0 Å². The summed E-state index contributed by atoms with van der Waals surface area (Å²) in [5, 5.41) is 17.2. The molecule has 0 aliphatic carbocycles. The number of fused-ring (bicyclic) bond motifs is 4. The van der Waals surface area contributed by atoms with Crippen molar-refractivity contribution in [3.05, 3.63) is 253 Å². The highest BCUT2D eigenvalue weighted by Gasteiger charge is 2.44. The summed E-state index contributed by atoms with van der Waals surface area (Å²) in [4.78, 5) is 4.91. The quantitative estimate of drug-likeness (QED) is 0.0779. The summed E-state index contributed by atoms with van der Waals surface area (Å²) in [6.07, 6.45) is 1.88. The third-order valence-corrected chi connectivity index (χ3v) is 20.6. The Balaban J connectivity index is 1.02. The summed E-state index contributed by atoms with van der Waals surface area (Å²) in [5.41, 5.74) is 12.2. The first kappa shape index (κ1) is 51.6. The number of aromatic nitrogens is 2. The molecule has 0 spiro atoms. The number of rotatable bonds is 10. The third-order valence-electron chi connectivity index (χ3n) is 15.8. The van der Waals surface area contributed by atoms with Crippen LogP contribution >= 0.6 is 0 Å². The lowest BCUT2D eigenvalue weighted by Gasteiger charge is -2.34. The van der Waals surface area contributed by atoms with Gasteiger partial charge in [-0.1, -0.05) is 196 Å². The summed E-state index contributed by atoms with van der Waals surface area (Å²) in [6.45, 7) is 20.4. The predicted octanol–water partition coefficient (Wildman–Crippen LogP) is 15.6. The van der Waals surface area contributed by atoms with Gasteiger partial charge in [-0.2, -0.15) is 5.26 Å². The number of hydrogen-bond donors (Lipinski definition) is 0. The molecular formula is C73H65N5OSi+2. The molecule has 0 saturated carbocycles. The molecule has 0 radical (unpaired) electrons. The van der Waals surface area contributed by atoms with Crippen LogP contribution in [0.15, 0.2) is 231 Å². The highest BCUT2D eigenvalue weighted by Crippen LogP contribution is 2.45. The zero-order valence-electron chi connectivity index (χ0n) is 47.1. The molecule has 0 atom stereocenters. The van der Waals surface area contributed by atoms with E-state index in [9.17, 15) is 5.26 Å². The maximum atomic E-state index is 9.95. The second-order valence-corrected chi connectivity index (χ2v) is 28.1. The summed E-state index contributed by atoms with van der Waals surface area (Å²) in [7, 11) is -2.86. The highest BCUT2D eigenvalue weighted by molar-refractivity contribution is 7.19. The van der Waals surface area contributed by atoms with Gasteiger partial charge in [0.1, 0.15) is 17.3 Å². The van der Waals surface area contributed by atoms with E-state index in [0.717, 1.165) is 61.5 Å². The molecule has 390 valence electrons. The van der Waals surface area contributed by atoms with Crippen molar-refractivity contribution in [2.24, 2.45) is 0 Å². The number of benzene rings is 9. The smallest absolute Gasteiger partial charge is 0.457 e. The lowest BCUT2D eigenvalue weighted by Crippen LogP contribution is -2.74.